The topological polar surface area (TPSA) is 134 Å². The molecule has 3 rings (SSSR count). The fraction of sp³-hybridized carbons (Fsp3) is 0.375. The summed E-state index contributed by atoms with van der Waals surface area (Å²) in [6, 6.07) is 9.12. The Morgan fingerprint density at radius 3 is 2.52 bits per heavy atom. The number of ether oxygens (including phenoxy) is 2. The van der Waals surface area contributed by atoms with Crippen LogP contribution in [0.5, 0.6) is 5.75 Å². The summed E-state index contributed by atoms with van der Waals surface area (Å²) >= 11 is 0. The van der Waals surface area contributed by atoms with Gasteiger partial charge in [0.25, 0.3) is 5.56 Å². The summed E-state index contributed by atoms with van der Waals surface area (Å²) in [5.74, 6) is -0.138. The van der Waals surface area contributed by atoms with Gasteiger partial charge in [0.2, 0.25) is 5.75 Å². The Hall–Kier alpha value is -2.46. The van der Waals surface area contributed by atoms with Crippen molar-refractivity contribution in [1.82, 2.24) is 9.55 Å². The van der Waals surface area contributed by atoms with Crippen molar-refractivity contribution in [2.24, 2.45) is 0 Å². The molecule has 1 aromatic heterocycles. The Balaban J connectivity index is 1.86. The first-order valence-electron chi connectivity index (χ1n) is 7.66. The number of hydrogen-bond acceptors (Lipinski definition) is 7. The Kier molecular flexibility index (Phi) is 5.00. The maximum Gasteiger partial charge on any atom is 0.330 e. The van der Waals surface area contributed by atoms with E-state index in [2.05, 4.69) is 4.98 Å². The molecule has 0 amide bonds. The van der Waals surface area contributed by atoms with Crippen LogP contribution in [0.4, 0.5) is 0 Å². The predicted molar refractivity (Wildman–Crippen MR) is 85.1 cm³/mol. The van der Waals surface area contributed by atoms with Gasteiger partial charge in [-0.3, -0.25) is 14.3 Å². The van der Waals surface area contributed by atoms with Crippen molar-refractivity contribution in [3.8, 4) is 5.75 Å². The lowest BCUT2D eigenvalue weighted by molar-refractivity contribution is -0.0553. The van der Waals surface area contributed by atoms with E-state index in [1.807, 2.05) is 30.3 Å². The largest absolute Gasteiger partial charge is 0.482 e. The normalized spacial score (nSPS) is 25.9. The smallest absolute Gasteiger partial charge is 0.330 e. The van der Waals surface area contributed by atoms with Gasteiger partial charge in [-0.05, 0) is 5.56 Å². The number of H-pyrrole nitrogens is 1. The van der Waals surface area contributed by atoms with E-state index in [1.165, 1.54) is 0 Å². The number of aliphatic hydroxyl groups excluding tert-OH is 3. The minimum absolute atomic E-state index is 0.109. The minimum Gasteiger partial charge on any atom is -0.482 e. The van der Waals surface area contributed by atoms with Crippen molar-refractivity contribution >= 4 is 0 Å². The highest BCUT2D eigenvalue weighted by Gasteiger charge is 2.43. The summed E-state index contributed by atoms with van der Waals surface area (Å²) in [7, 11) is 0. The van der Waals surface area contributed by atoms with Crippen LogP contribution in [-0.2, 0) is 11.3 Å². The number of nitrogens with zero attached hydrogens (tertiary/aromatic N) is 1. The van der Waals surface area contributed by atoms with Gasteiger partial charge in [-0.15, -0.1) is 0 Å². The van der Waals surface area contributed by atoms with E-state index in [0.717, 1.165) is 16.3 Å². The number of benzene rings is 1. The van der Waals surface area contributed by atoms with E-state index < -0.39 is 42.4 Å². The maximum absolute atomic E-state index is 12.0. The van der Waals surface area contributed by atoms with Crippen molar-refractivity contribution in [3.05, 3.63) is 62.9 Å². The molecule has 4 atom stereocenters. The number of aromatic nitrogens is 2. The zero-order chi connectivity index (χ0) is 18.0. The monoisotopic (exact) mass is 350 g/mol. The third kappa shape index (κ3) is 3.49. The Morgan fingerprint density at radius 1 is 1.16 bits per heavy atom. The molecular weight excluding hydrogens is 332 g/mol. The average Bonchev–Trinajstić information content (AvgIpc) is 2.90. The van der Waals surface area contributed by atoms with Gasteiger partial charge in [-0.1, -0.05) is 30.3 Å². The molecule has 134 valence electrons. The first-order chi connectivity index (χ1) is 12.0. The van der Waals surface area contributed by atoms with Crippen molar-refractivity contribution in [2.45, 2.75) is 31.1 Å². The molecule has 2 heterocycles. The standard InChI is InChI=1S/C16H18N2O7/c19-7-11-12(20)13(21)15(25-11)18-6-10(14(22)17-16(18)23)24-8-9-4-2-1-3-5-9/h1-6,11-13,15,19-21H,7-8H2,(H,17,22,23)/t11-,12-,13-,15-/m1/s1. The highest BCUT2D eigenvalue weighted by Crippen LogP contribution is 2.28. The van der Waals surface area contributed by atoms with Crippen LogP contribution in [0.15, 0.2) is 46.1 Å². The molecule has 0 spiro atoms. The fourth-order valence-corrected chi connectivity index (χ4v) is 2.60. The molecule has 1 fully saturated rings. The summed E-state index contributed by atoms with van der Waals surface area (Å²) in [6.07, 6.45) is -3.97. The molecule has 1 saturated heterocycles. The van der Waals surface area contributed by atoms with Gasteiger partial charge in [-0.2, -0.15) is 0 Å². The molecule has 9 nitrogen and oxygen atoms in total. The number of rotatable bonds is 5. The summed E-state index contributed by atoms with van der Waals surface area (Å²) < 4.78 is 11.7. The lowest BCUT2D eigenvalue weighted by Crippen LogP contribution is -2.38. The van der Waals surface area contributed by atoms with Gasteiger partial charge in [0.05, 0.1) is 12.8 Å². The molecule has 0 unspecified atom stereocenters. The van der Waals surface area contributed by atoms with Crippen LogP contribution in [-0.4, -0.2) is 49.8 Å². The van der Waals surface area contributed by atoms with E-state index in [9.17, 15) is 19.8 Å². The van der Waals surface area contributed by atoms with Crippen LogP contribution in [0, 0.1) is 0 Å². The minimum atomic E-state index is -1.44. The Morgan fingerprint density at radius 2 is 1.88 bits per heavy atom. The summed E-state index contributed by atoms with van der Waals surface area (Å²) in [4.78, 5) is 26.0. The molecular formula is C16H18N2O7. The predicted octanol–water partition coefficient (Wildman–Crippen LogP) is -1.27. The number of hydrogen-bond donors (Lipinski definition) is 4. The molecule has 0 radical (unpaired) electrons. The molecule has 1 aliphatic heterocycles. The fourth-order valence-electron chi connectivity index (χ4n) is 2.60. The van der Waals surface area contributed by atoms with Crippen LogP contribution < -0.4 is 16.0 Å². The van der Waals surface area contributed by atoms with Crippen LogP contribution in [0.1, 0.15) is 11.8 Å². The third-order valence-corrected chi connectivity index (χ3v) is 3.96. The number of nitrogens with one attached hydrogen (secondary N) is 1. The number of aromatic amines is 1. The molecule has 0 bridgehead atoms. The molecule has 1 aliphatic rings. The van der Waals surface area contributed by atoms with E-state index in [1.54, 1.807) is 0 Å². The molecule has 9 heteroatoms. The van der Waals surface area contributed by atoms with E-state index >= 15 is 0 Å². The first-order valence-corrected chi connectivity index (χ1v) is 7.66. The van der Waals surface area contributed by atoms with Gasteiger partial charge in [-0.25, -0.2) is 4.79 Å². The van der Waals surface area contributed by atoms with Gasteiger partial charge >= 0.3 is 5.69 Å². The lowest BCUT2D eigenvalue weighted by atomic mass is 10.1. The van der Waals surface area contributed by atoms with Crippen LogP contribution in [0.25, 0.3) is 0 Å². The maximum atomic E-state index is 12.0. The van der Waals surface area contributed by atoms with E-state index in [-0.39, 0.29) is 12.4 Å². The van der Waals surface area contributed by atoms with Crippen molar-refractivity contribution in [2.75, 3.05) is 6.61 Å². The van der Waals surface area contributed by atoms with E-state index in [4.69, 9.17) is 14.6 Å². The second-order valence-corrected chi connectivity index (χ2v) is 5.66. The highest BCUT2D eigenvalue weighted by molar-refractivity contribution is 5.17. The van der Waals surface area contributed by atoms with Gasteiger partial charge in [0.15, 0.2) is 6.23 Å². The second kappa shape index (κ2) is 7.19. The van der Waals surface area contributed by atoms with Gasteiger partial charge in [0.1, 0.15) is 24.9 Å². The molecule has 0 aliphatic carbocycles. The summed E-state index contributed by atoms with van der Waals surface area (Å²) in [6.45, 7) is -0.414. The summed E-state index contributed by atoms with van der Waals surface area (Å²) in [5.41, 5.74) is -0.719. The van der Waals surface area contributed by atoms with Crippen LogP contribution >= 0.6 is 0 Å². The quantitative estimate of drug-likeness (QED) is 0.528. The Labute approximate surface area is 141 Å². The SMILES string of the molecule is O=c1[nH]c(=O)n([C@@H]2O[C@H](CO)[C@@H](O)[C@H]2O)cc1OCc1ccccc1. The molecule has 2 aromatic rings. The van der Waals surface area contributed by atoms with Crippen LogP contribution in [0.2, 0.25) is 0 Å². The number of aliphatic hydroxyl groups is 3. The zero-order valence-electron chi connectivity index (χ0n) is 13.1. The zero-order valence-corrected chi connectivity index (χ0v) is 13.1. The summed E-state index contributed by atoms with van der Waals surface area (Å²) in [5, 5.41) is 29.0. The van der Waals surface area contributed by atoms with E-state index in [0.29, 0.717) is 0 Å². The van der Waals surface area contributed by atoms with Crippen molar-refractivity contribution in [1.29, 1.82) is 0 Å². The molecule has 1 aromatic carbocycles. The van der Waals surface area contributed by atoms with Gasteiger partial charge < -0.3 is 24.8 Å². The molecule has 0 saturated carbocycles. The van der Waals surface area contributed by atoms with Crippen molar-refractivity contribution in [3.63, 3.8) is 0 Å². The molecule has 4 N–H and O–H groups in total. The van der Waals surface area contributed by atoms with Crippen molar-refractivity contribution < 1.29 is 24.8 Å². The Bertz CT molecular complexity index is 832. The molecule has 25 heavy (non-hydrogen) atoms. The second-order valence-electron chi connectivity index (χ2n) is 5.66. The highest BCUT2D eigenvalue weighted by atomic mass is 16.6. The van der Waals surface area contributed by atoms with Crippen LogP contribution in [0.3, 0.4) is 0 Å². The average molecular weight is 350 g/mol. The first kappa shape index (κ1) is 17.4. The third-order valence-electron chi connectivity index (χ3n) is 3.96. The lowest BCUT2D eigenvalue weighted by Gasteiger charge is -2.18. The van der Waals surface area contributed by atoms with Gasteiger partial charge in [0, 0.05) is 0 Å².